The third-order valence-electron chi connectivity index (χ3n) is 8.26. The molecule has 4 aliphatic rings. The number of hydroxylamine groups is 2. The van der Waals surface area contributed by atoms with Gasteiger partial charge < -0.3 is 34.7 Å². The van der Waals surface area contributed by atoms with Gasteiger partial charge in [0.05, 0.1) is 7.11 Å². The van der Waals surface area contributed by atoms with Crippen LogP contribution in [0.3, 0.4) is 0 Å². The molecule has 0 spiro atoms. The van der Waals surface area contributed by atoms with E-state index in [9.17, 15) is 0 Å². The number of nitrogens with zero attached hydrogens (tertiary/aromatic N) is 6. The number of nitrogens with one attached hydrogen (secondary N) is 1. The second-order valence-electron chi connectivity index (χ2n) is 14.6. The Morgan fingerprint density at radius 1 is 0.733 bits per heavy atom. The van der Waals surface area contributed by atoms with E-state index in [-0.39, 0.29) is 0 Å². The first-order valence-corrected chi connectivity index (χ1v) is 16.9. The summed E-state index contributed by atoms with van der Waals surface area (Å²) in [5, 5.41) is 4.38. The molecule has 0 aromatic heterocycles. The molecule has 4 aliphatic carbocycles. The Kier molecular flexibility index (Phi) is 29.8. The monoisotopic (exact) mass is 640 g/mol. The molecule has 4 fully saturated rings. The third kappa shape index (κ3) is 26.5. The molecule has 1 aromatic rings. The Morgan fingerprint density at radius 2 is 1.02 bits per heavy atom. The quantitative estimate of drug-likeness (QED) is 0.399. The van der Waals surface area contributed by atoms with E-state index in [0.29, 0.717) is 11.6 Å². The van der Waals surface area contributed by atoms with Crippen LogP contribution in [0.1, 0.15) is 59.3 Å². The molecule has 0 unspecified atom stereocenters. The van der Waals surface area contributed by atoms with E-state index in [1.165, 1.54) is 24.9 Å². The van der Waals surface area contributed by atoms with Crippen molar-refractivity contribution in [2.24, 2.45) is 17.8 Å². The molecule has 4 bridgehead atoms. The van der Waals surface area contributed by atoms with Gasteiger partial charge in [-0.1, -0.05) is 25.1 Å². The molecule has 270 valence electrons. The molecule has 0 aliphatic heterocycles. The predicted molar refractivity (Wildman–Crippen MR) is 204 cm³/mol. The van der Waals surface area contributed by atoms with Crippen LogP contribution in [0, 0.1) is 17.8 Å². The second-order valence-corrected chi connectivity index (χ2v) is 14.6. The van der Waals surface area contributed by atoms with Crippen LogP contribution >= 0.6 is 0 Å². The molecule has 0 saturated heterocycles. The van der Waals surface area contributed by atoms with Gasteiger partial charge in [0.25, 0.3) is 0 Å². The summed E-state index contributed by atoms with van der Waals surface area (Å²) < 4.78 is 0. The molecule has 0 radical (unpaired) electrons. The lowest BCUT2D eigenvalue weighted by Crippen LogP contribution is -2.57. The maximum absolute atomic E-state index is 4.58. The van der Waals surface area contributed by atoms with Gasteiger partial charge in [-0.2, -0.15) is 5.06 Å². The minimum atomic E-state index is 0.634. The zero-order valence-corrected chi connectivity index (χ0v) is 33.7. The molecular formula is C37H81N7O. The number of hydrogen-bond donors (Lipinski definition) is 1. The van der Waals surface area contributed by atoms with E-state index in [4.69, 9.17) is 0 Å². The molecule has 1 N–H and O–H groups in total. The number of rotatable bonds is 5. The van der Waals surface area contributed by atoms with Crippen LogP contribution in [0.15, 0.2) is 30.3 Å². The molecular weight excluding hydrogens is 558 g/mol. The number of para-hydroxylation sites is 1. The summed E-state index contributed by atoms with van der Waals surface area (Å²) in [6.07, 6.45) is 9.21. The Labute approximate surface area is 283 Å². The SMILES string of the molecule is CC(C)N(C)C.CCN(C)C.CN(C)C.CN(C)C12CC3CC(CC(C3)C1)C2.CN(C)c1ccccc1.CNC.CON(C)C. The van der Waals surface area contributed by atoms with Gasteiger partial charge >= 0.3 is 0 Å². The molecule has 4 saturated carbocycles. The van der Waals surface area contributed by atoms with Gasteiger partial charge in [0.1, 0.15) is 0 Å². The highest BCUT2D eigenvalue weighted by Crippen LogP contribution is 2.57. The molecule has 0 heterocycles. The molecule has 0 amide bonds. The Bertz CT molecular complexity index is 700. The zero-order chi connectivity index (χ0) is 35.8. The molecule has 45 heavy (non-hydrogen) atoms. The highest BCUT2D eigenvalue weighted by Gasteiger charge is 2.51. The minimum absolute atomic E-state index is 0.634. The Morgan fingerprint density at radius 3 is 1.18 bits per heavy atom. The van der Waals surface area contributed by atoms with E-state index < -0.39 is 0 Å². The summed E-state index contributed by atoms with van der Waals surface area (Å²) in [4.78, 5) is 15.5. The van der Waals surface area contributed by atoms with Crippen molar-refractivity contribution in [2.45, 2.75) is 70.9 Å². The van der Waals surface area contributed by atoms with Crippen LogP contribution in [0.25, 0.3) is 0 Å². The highest BCUT2D eigenvalue weighted by atomic mass is 16.7. The largest absolute Gasteiger partial charge is 0.378 e. The normalized spacial score (nSPS) is 22.0. The van der Waals surface area contributed by atoms with Crippen molar-refractivity contribution < 1.29 is 4.84 Å². The maximum atomic E-state index is 4.58. The fourth-order valence-electron chi connectivity index (χ4n) is 5.34. The lowest BCUT2D eigenvalue weighted by molar-refractivity contribution is -0.0855. The smallest absolute Gasteiger partial charge is 0.0574 e. The zero-order valence-electron chi connectivity index (χ0n) is 33.7. The molecule has 1 aromatic carbocycles. The van der Waals surface area contributed by atoms with E-state index in [1.807, 2.05) is 86.5 Å². The lowest BCUT2D eigenvalue weighted by atomic mass is 9.52. The van der Waals surface area contributed by atoms with Crippen LogP contribution in [0.2, 0.25) is 0 Å². The van der Waals surface area contributed by atoms with Crippen molar-refractivity contribution >= 4 is 5.69 Å². The predicted octanol–water partition coefficient (Wildman–Crippen LogP) is 5.92. The van der Waals surface area contributed by atoms with E-state index in [1.54, 1.807) is 31.4 Å². The fourth-order valence-corrected chi connectivity index (χ4v) is 5.34. The molecule has 5 rings (SSSR count). The average molecular weight is 640 g/mol. The van der Waals surface area contributed by atoms with Gasteiger partial charge in [0, 0.05) is 45.5 Å². The van der Waals surface area contributed by atoms with Crippen LogP contribution in [-0.2, 0) is 4.84 Å². The van der Waals surface area contributed by atoms with Crippen molar-refractivity contribution in [3.63, 3.8) is 0 Å². The van der Waals surface area contributed by atoms with Crippen molar-refractivity contribution in [3.8, 4) is 0 Å². The van der Waals surface area contributed by atoms with Gasteiger partial charge in [-0.05, 0) is 166 Å². The van der Waals surface area contributed by atoms with Crippen molar-refractivity contribution in [1.82, 2.24) is 30.0 Å². The topological polar surface area (TPSA) is 40.7 Å². The summed E-state index contributed by atoms with van der Waals surface area (Å²) in [6, 6.07) is 10.9. The highest BCUT2D eigenvalue weighted by molar-refractivity contribution is 5.43. The minimum Gasteiger partial charge on any atom is -0.378 e. The number of anilines is 1. The Hall–Kier alpha value is -1.26. The van der Waals surface area contributed by atoms with E-state index in [2.05, 4.69) is 105 Å². The third-order valence-corrected chi connectivity index (χ3v) is 8.26. The van der Waals surface area contributed by atoms with E-state index >= 15 is 0 Å². The molecule has 8 heteroatoms. The van der Waals surface area contributed by atoms with Crippen molar-refractivity contribution in [2.75, 3.05) is 124 Å². The fraction of sp³-hybridized carbons (Fsp3) is 0.838. The van der Waals surface area contributed by atoms with Gasteiger partial charge in [0.15, 0.2) is 0 Å². The average Bonchev–Trinajstić information content (AvgIpc) is 2.94. The van der Waals surface area contributed by atoms with Gasteiger partial charge in [-0.3, -0.25) is 0 Å². The van der Waals surface area contributed by atoms with E-state index in [0.717, 1.165) is 24.3 Å². The van der Waals surface area contributed by atoms with Crippen LogP contribution in [-0.4, -0.2) is 156 Å². The summed E-state index contributed by atoms with van der Waals surface area (Å²) in [7, 11) is 32.0. The standard InChI is InChI=1S/C12H21N.C8H11N.C5H13N.C4H11N.C3H9NO.C3H9N.C2H7N/c1-13(2)12-6-9-3-10(7-12)5-11(4-9)8-12;1-9(2)8-6-4-3-5-7-8;1-5(2)6(3)4;1-4-5(2)3;1-4(2)5-3;1-4(2)3;1-3-2/h9-11H,3-8H2,1-2H3;3-7H,1-2H3;5H,1-4H3;4H2,1-3H3;1-3H3;1-3H3;3H,1-2H3. The van der Waals surface area contributed by atoms with Crippen LogP contribution in [0.5, 0.6) is 0 Å². The molecule has 8 nitrogen and oxygen atoms in total. The second kappa shape index (κ2) is 27.8. The maximum Gasteiger partial charge on any atom is 0.0574 e. The lowest BCUT2D eigenvalue weighted by Gasteiger charge is -2.59. The van der Waals surface area contributed by atoms with Gasteiger partial charge in [-0.25, -0.2) is 0 Å². The first-order chi connectivity index (χ1) is 20.8. The first-order valence-electron chi connectivity index (χ1n) is 16.9. The van der Waals surface area contributed by atoms with Crippen LogP contribution < -0.4 is 10.2 Å². The first kappa shape index (κ1) is 48.1. The summed E-state index contributed by atoms with van der Waals surface area (Å²) in [6.45, 7) is 7.60. The summed E-state index contributed by atoms with van der Waals surface area (Å²) >= 11 is 0. The molecule has 0 atom stereocenters. The Balaban J connectivity index is -0.000000490. The summed E-state index contributed by atoms with van der Waals surface area (Å²) in [5.74, 6) is 3.27. The number of benzene rings is 1. The number of hydrogen-bond acceptors (Lipinski definition) is 8. The van der Waals surface area contributed by atoms with Crippen LogP contribution in [0.4, 0.5) is 5.69 Å². The van der Waals surface area contributed by atoms with Crippen molar-refractivity contribution in [3.05, 3.63) is 30.3 Å². The van der Waals surface area contributed by atoms with Crippen molar-refractivity contribution in [1.29, 1.82) is 0 Å². The van der Waals surface area contributed by atoms with Gasteiger partial charge in [0.2, 0.25) is 0 Å². The summed E-state index contributed by atoms with van der Waals surface area (Å²) in [5.41, 5.74) is 1.88. The van der Waals surface area contributed by atoms with Gasteiger partial charge in [-0.15, -0.1) is 0 Å².